The Balaban J connectivity index is -0.00000000655. The minimum atomic E-state index is 0. The van der Waals surface area contributed by atoms with Gasteiger partial charge in [-0.05, 0) is 0 Å². The molecule has 0 bridgehead atoms. The molecular weight excluding hydrogens is 212 g/mol. The van der Waals surface area contributed by atoms with Crippen molar-refractivity contribution in [1.82, 2.24) is 0 Å². The van der Waals surface area contributed by atoms with E-state index in [0.717, 1.165) is 0 Å². The SMILES string of the molecule is [CH-]=N.[CH-]=N.[CH-]=N.[CH-]=N.[CH-]=N.[CH-]=N.[Fe+6]. The minimum absolute atomic E-state index is 0. The first-order valence-electron chi connectivity index (χ1n) is 1.73. The molecule has 0 radical (unpaired) electrons. The predicted molar refractivity (Wildman–Crippen MR) is 52.7 cm³/mol. The van der Waals surface area contributed by atoms with Gasteiger partial charge in [-0.1, -0.05) is 0 Å². The summed E-state index contributed by atoms with van der Waals surface area (Å²) >= 11 is 0. The largest absolute Gasteiger partial charge is 6.00 e. The monoisotopic (exact) mass is 224 g/mol. The zero-order chi connectivity index (χ0) is 12.0. The number of rotatable bonds is 0. The number of hydrogen-bond acceptors (Lipinski definition) is 6. The van der Waals surface area contributed by atoms with Gasteiger partial charge < -0.3 is 72.8 Å². The van der Waals surface area contributed by atoms with E-state index in [1.165, 1.54) is 0 Å². The Morgan fingerprint density at radius 1 is 0.308 bits per heavy atom. The normalized spacial score (nSPS) is 1.85. The Morgan fingerprint density at radius 3 is 0.308 bits per heavy atom. The molecule has 6 nitrogen and oxygen atoms in total. The molecule has 0 amide bonds. The van der Waals surface area contributed by atoms with E-state index in [2.05, 4.69) is 40.3 Å². The quantitative estimate of drug-likeness (QED) is 0.197. The summed E-state index contributed by atoms with van der Waals surface area (Å²) in [6.07, 6.45) is 0. The molecule has 0 spiro atoms. The van der Waals surface area contributed by atoms with E-state index >= 15 is 0 Å². The molecule has 7 heteroatoms. The van der Waals surface area contributed by atoms with Gasteiger partial charge in [-0.25, -0.2) is 0 Å². The Morgan fingerprint density at radius 2 is 0.308 bits per heavy atom. The van der Waals surface area contributed by atoms with Crippen LogP contribution < -0.4 is 0 Å². The van der Waals surface area contributed by atoms with Crippen LogP contribution in [0.1, 0.15) is 0 Å². The first-order chi connectivity index (χ1) is 6.00. The molecule has 0 aliphatic carbocycles. The molecule has 0 aromatic carbocycles. The third-order valence-corrected chi connectivity index (χ3v) is 0. The van der Waals surface area contributed by atoms with Gasteiger partial charge in [-0.2, -0.15) is 0 Å². The summed E-state index contributed by atoms with van der Waals surface area (Å²) < 4.78 is 0. The number of hydrogen-bond donors (Lipinski definition) is 6. The first kappa shape index (κ1) is 62.2. The van der Waals surface area contributed by atoms with Crippen LogP contribution in [-0.4, -0.2) is 40.3 Å². The maximum Gasteiger partial charge on any atom is 6.00 e. The molecule has 0 aromatic heterocycles. The van der Waals surface area contributed by atoms with Gasteiger partial charge in [0.2, 0.25) is 0 Å². The van der Waals surface area contributed by atoms with Crippen molar-refractivity contribution in [2.75, 3.05) is 0 Å². The molecule has 0 saturated heterocycles. The van der Waals surface area contributed by atoms with Crippen molar-refractivity contribution in [1.29, 1.82) is 32.5 Å². The third-order valence-electron chi connectivity index (χ3n) is 0. The van der Waals surface area contributed by atoms with Crippen LogP contribution in [0, 0.1) is 32.5 Å². The molecule has 6 N–H and O–H groups in total. The maximum atomic E-state index is 5.25. The maximum absolute atomic E-state index is 5.25. The molecule has 0 rings (SSSR count). The van der Waals surface area contributed by atoms with E-state index in [0.29, 0.717) is 0 Å². The molecule has 0 atom stereocenters. The standard InChI is InChI=1S/6CH2N.Fe/c6*1-2;/h6*1-2H;/q6*-1;+6. The molecule has 0 heterocycles. The number of nitrogens with one attached hydrogen (secondary N) is 6. The molecule has 13 heavy (non-hydrogen) atoms. The van der Waals surface area contributed by atoms with Crippen LogP contribution in [0.25, 0.3) is 0 Å². The molecule has 0 aliphatic heterocycles. The van der Waals surface area contributed by atoms with Gasteiger partial charge in [-0.3, -0.25) is 0 Å². The van der Waals surface area contributed by atoms with Crippen LogP contribution >= 0.6 is 0 Å². The zero-order valence-electron chi connectivity index (χ0n) is 6.82. The van der Waals surface area contributed by atoms with Crippen molar-refractivity contribution in [2.45, 2.75) is 0 Å². The van der Waals surface area contributed by atoms with Crippen LogP contribution in [-0.2, 0) is 17.1 Å². The summed E-state index contributed by atoms with van der Waals surface area (Å²) in [5.41, 5.74) is 0. The zero-order valence-corrected chi connectivity index (χ0v) is 7.92. The minimum Gasteiger partial charge on any atom is -0.522 e. The molecule has 0 aliphatic rings. The smallest absolute Gasteiger partial charge is 0.522 e. The van der Waals surface area contributed by atoms with Crippen molar-refractivity contribution in [3.8, 4) is 0 Å². The van der Waals surface area contributed by atoms with Gasteiger partial charge in [0, 0.05) is 0 Å². The second kappa shape index (κ2) is 450. The van der Waals surface area contributed by atoms with E-state index in [-0.39, 0.29) is 17.1 Å². The Hall–Kier alpha value is -1.46. The van der Waals surface area contributed by atoms with Crippen molar-refractivity contribution in [3.05, 3.63) is 0 Å². The fraction of sp³-hybridized carbons (Fsp3) is 0. The molecule has 0 saturated carbocycles. The van der Waals surface area contributed by atoms with Gasteiger partial charge in [0.15, 0.2) is 0 Å². The van der Waals surface area contributed by atoms with Gasteiger partial charge in [-0.15, -0.1) is 0 Å². The van der Waals surface area contributed by atoms with E-state index < -0.39 is 0 Å². The van der Waals surface area contributed by atoms with Gasteiger partial charge >= 0.3 is 17.1 Å². The van der Waals surface area contributed by atoms with Gasteiger partial charge in [0.25, 0.3) is 0 Å². The van der Waals surface area contributed by atoms with Crippen LogP contribution in [0.4, 0.5) is 0 Å². The van der Waals surface area contributed by atoms with Crippen molar-refractivity contribution in [3.63, 3.8) is 0 Å². The summed E-state index contributed by atoms with van der Waals surface area (Å²) in [5, 5.41) is 31.5. The van der Waals surface area contributed by atoms with Crippen molar-refractivity contribution < 1.29 is 17.1 Å². The van der Waals surface area contributed by atoms with Crippen LogP contribution in [0.5, 0.6) is 0 Å². The summed E-state index contributed by atoms with van der Waals surface area (Å²) in [5.74, 6) is 0. The van der Waals surface area contributed by atoms with Crippen molar-refractivity contribution >= 4 is 40.3 Å². The van der Waals surface area contributed by atoms with E-state index in [4.69, 9.17) is 32.5 Å². The summed E-state index contributed by atoms with van der Waals surface area (Å²) in [6, 6.07) is 0. The molecule has 74 valence electrons. The van der Waals surface area contributed by atoms with Crippen LogP contribution in [0.3, 0.4) is 0 Å². The van der Waals surface area contributed by atoms with Gasteiger partial charge in [0.1, 0.15) is 0 Å². The van der Waals surface area contributed by atoms with Crippen LogP contribution in [0.2, 0.25) is 0 Å². The van der Waals surface area contributed by atoms with Crippen molar-refractivity contribution in [2.24, 2.45) is 0 Å². The van der Waals surface area contributed by atoms with Crippen LogP contribution in [0.15, 0.2) is 0 Å². The van der Waals surface area contributed by atoms with E-state index in [9.17, 15) is 0 Å². The summed E-state index contributed by atoms with van der Waals surface area (Å²) in [6.45, 7) is 22.5. The Bertz CT molecular complexity index is 32.6. The fourth-order valence-corrected chi connectivity index (χ4v) is 0. The molecule has 0 aromatic rings. The average Bonchev–Trinajstić information content (AvgIpc) is 2.33. The topological polar surface area (TPSA) is 143 Å². The second-order valence-electron chi connectivity index (χ2n) is 0. The second-order valence-corrected chi connectivity index (χ2v) is 0. The van der Waals surface area contributed by atoms with E-state index in [1.54, 1.807) is 0 Å². The van der Waals surface area contributed by atoms with E-state index in [1.807, 2.05) is 0 Å². The predicted octanol–water partition coefficient (Wildman–Crippen LogP) is 0.854. The molecular formula is C6H12FeN6. The molecule has 0 fully saturated rings. The average molecular weight is 224 g/mol. The Labute approximate surface area is 90.3 Å². The summed E-state index contributed by atoms with van der Waals surface area (Å²) in [4.78, 5) is 0. The first-order valence-corrected chi connectivity index (χ1v) is 1.73. The third kappa shape index (κ3) is 360. The fourth-order valence-electron chi connectivity index (χ4n) is 0. The molecule has 0 unspecified atom stereocenters. The summed E-state index contributed by atoms with van der Waals surface area (Å²) in [7, 11) is 0. The Kier molecular flexibility index (Phi) is 2150. The van der Waals surface area contributed by atoms with Gasteiger partial charge in [0.05, 0.1) is 0 Å².